The molecule has 0 aliphatic carbocycles. The van der Waals surface area contributed by atoms with Crippen LogP contribution in [0.1, 0.15) is 38.9 Å². The fourth-order valence-electron chi connectivity index (χ4n) is 1.79. The van der Waals surface area contributed by atoms with Crippen molar-refractivity contribution in [3.05, 3.63) is 28.6 Å². The molecule has 0 amide bonds. The van der Waals surface area contributed by atoms with Crippen molar-refractivity contribution in [1.29, 1.82) is 0 Å². The molecule has 6 nitrogen and oxygen atoms in total. The van der Waals surface area contributed by atoms with Crippen LogP contribution in [0.2, 0.25) is 0 Å². The van der Waals surface area contributed by atoms with E-state index in [1.807, 2.05) is 20.0 Å². The largest absolute Gasteiger partial charge is 0.374 e. The van der Waals surface area contributed by atoms with Gasteiger partial charge < -0.3 is 5.32 Å². The van der Waals surface area contributed by atoms with Gasteiger partial charge in [-0.3, -0.25) is 9.13 Å². The molecular weight excluding hydrogens is 262 g/mol. The summed E-state index contributed by atoms with van der Waals surface area (Å²) in [6.07, 6.45) is 4.65. The molecule has 0 saturated heterocycles. The van der Waals surface area contributed by atoms with Crippen molar-refractivity contribution in [2.24, 2.45) is 0 Å². The van der Waals surface area contributed by atoms with Gasteiger partial charge in [-0.1, -0.05) is 11.4 Å². The van der Waals surface area contributed by atoms with E-state index in [1.165, 1.54) is 11.5 Å². The summed E-state index contributed by atoms with van der Waals surface area (Å²) in [4.78, 5) is 12.1. The standard InChI is InChI=1S/C12H19N5OS/c1-4-5-13-11-10(14-15-19-11)8-16-6-7-17(9(2)3)12(16)18/h6-7,9,13H,4-5,8H2,1-3H3. The second kappa shape index (κ2) is 6.01. The molecule has 2 aromatic rings. The Labute approximate surface area is 116 Å². The highest BCUT2D eigenvalue weighted by Gasteiger charge is 2.11. The van der Waals surface area contributed by atoms with Gasteiger partial charge in [-0.25, -0.2) is 4.79 Å². The molecule has 0 unspecified atom stereocenters. The first kappa shape index (κ1) is 13.8. The Hall–Kier alpha value is -1.63. The second-order valence-electron chi connectivity index (χ2n) is 4.69. The molecule has 7 heteroatoms. The fourth-order valence-corrected chi connectivity index (χ4v) is 2.39. The Balaban J connectivity index is 2.17. The maximum absolute atomic E-state index is 12.1. The predicted octanol–water partition coefficient (Wildman–Crippen LogP) is 1.95. The molecule has 0 fully saturated rings. The Kier molecular flexibility index (Phi) is 4.36. The number of hydrogen-bond donors (Lipinski definition) is 1. The van der Waals surface area contributed by atoms with Crippen molar-refractivity contribution in [3.63, 3.8) is 0 Å². The van der Waals surface area contributed by atoms with Crippen molar-refractivity contribution in [3.8, 4) is 0 Å². The lowest BCUT2D eigenvalue weighted by Gasteiger charge is -2.05. The Morgan fingerprint density at radius 1 is 1.42 bits per heavy atom. The molecule has 0 atom stereocenters. The van der Waals surface area contributed by atoms with Crippen molar-refractivity contribution in [1.82, 2.24) is 18.7 Å². The number of hydrogen-bond acceptors (Lipinski definition) is 5. The minimum absolute atomic E-state index is 0.00978. The maximum atomic E-state index is 12.1. The van der Waals surface area contributed by atoms with Crippen LogP contribution in [0.3, 0.4) is 0 Å². The van der Waals surface area contributed by atoms with E-state index in [4.69, 9.17) is 0 Å². The third kappa shape index (κ3) is 3.04. The summed E-state index contributed by atoms with van der Waals surface area (Å²) < 4.78 is 7.32. The summed E-state index contributed by atoms with van der Waals surface area (Å²) in [5, 5.41) is 8.33. The zero-order chi connectivity index (χ0) is 13.8. The molecule has 0 bridgehead atoms. The molecule has 0 aliphatic rings. The molecule has 1 N–H and O–H groups in total. The van der Waals surface area contributed by atoms with Crippen LogP contribution in [-0.4, -0.2) is 25.3 Å². The van der Waals surface area contributed by atoms with Crippen molar-refractivity contribution in [2.45, 2.75) is 39.8 Å². The summed E-state index contributed by atoms with van der Waals surface area (Å²) in [5.41, 5.74) is 0.812. The van der Waals surface area contributed by atoms with E-state index in [-0.39, 0.29) is 11.7 Å². The van der Waals surface area contributed by atoms with Crippen molar-refractivity contribution in [2.75, 3.05) is 11.9 Å². The topological polar surface area (TPSA) is 64.7 Å². The third-order valence-corrected chi connectivity index (χ3v) is 3.57. The van der Waals surface area contributed by atoms with E-state index in [0.717, 1.165) is 23.7 Å². The average molecular weight is 281 g/mol. The van der Waals surface area contributed by atoms with E-state index in [9.17, 15) is 4.79 Å². The molecule has 0 aliphatic heterocycles. The molecule has 0 aromatic carbocycles. The smallest absolute Gasteiger partial charge is 0.328 e. The Bertz CT molecular complexity index is 583. The van der Waals surface area contributed by atoms with E-state index in [0.29, 0.717) is 6.54 Å². The second-order valence-corrected chi connectivity index (χ2v) is 5.44. The molecule has 0 radical (unpaired) electrons. The first-order chi connectivity index (χ1) is 9.13. The quantitative estimate of drug-likeness (QED) is 0.879. The van der Waals surface area contributed by atoms with Gasteiger partial charge in [0.15, 0.2) is 0 Å². The lowest BCUT2D eigenvalue weighted by Crippen LogP contribution is -2.25. The zero-order valence-corrected chi connectivity index (χ0v) is 12.3. The number of anilines is 1. The predicted molar refractivity (Wildman–Crippen MR) is 76.9 cm³/mol. The van der Waals surface area contributed by atoms with Crippen LogP contribution in [0.15, 0.2) is 17.2 Å². The fraction of sp³-hybridized carbons (Fsp3) is 0.583. The average Bonchev–Trinajstić information content (AvgIpc) is 2.95. The minimum Gasteiger partial charge on any atom is -0.374 e. The summed E-state index contributed by atoms with van der Waals surface area (Å²) in [7, 11) is 0. The maximum Gasteiger partial charge on any atom is 0.328 e. The molecule has 2 heterocycles. The van der Waals surface area contributed by atoms with Gasteiger partial charge in [0.05, 0.1) is 6.54 Å². The van der Waals surface area contributed by atoms with Gasteiger partial charge in [0.25, 0.3) is 0 Å². The molecular formula is C12H19N5OS. The van der Waals surface area contributed by atoms with Crippen LogP contribution in [-0.2, 0) is 6.54 Å². The number of nitrogens with one attached hydrogen (secondary N) is 1. The van der Waals surface area contributed by atoms with Gasteiger partial charge in [-0.05, 0) is 20.3 Å². The number of aromatic nitrogens is 4. The van der Waals surface area contributed by atoms with Gasteiger partial charge >= 0.3 is 5.69 Å². The number of imidazole rings is 1. The highest BCUT2D eigenvalue weighted by atomic mass is 32.1. The molecule has 2 rings (SSSR count). The first-order valence-corrected chi connectivity index (χ1v) is 7.23. The van der Waals surface area contributed by atoms with Crippen LogP contribution in [0.5, 0.6) is 0 Å². The lowest BCUT2D eigenvalue weighted by molar-refractivity contribution is 0.560. The van der Waals surface area contributed by atoms with E-state index >= 15 is 0 Å². The normalized spacial score (nSPS) is 11.2. The van der Waals surface area contributed by atoms with Crippen molar-refractivity contribution < 1.29 is 0 Å². The zero-order valence-electron chi connectivity index (χ0n) is 11.5. The molecule has 0 spiro atoms. The van der Waals surface area contributed by atoms with Gasteiger partial charge in [0.2, 0.25) is 0 Å². The molecule has 19 heavy (non-hydrogen) atoms. The van der Waals surface area contributed by atoms with E-state index in [2.05, 4.69) is 21.8 Å². The molecule has 2 aromatic heterocycles. The molecule has 0 saturated carbocycles. The van der Waals surface area contributed by atoms with Gasteiger partial charge in [-0.2, -0.15) is 0 Å². The van der Waals surface area contributed by atoms with Gasteiger partial charge in [0, 0.05) is 36.5 Å². The van der Waals surface area contributed by atoms with Crippen LogP contribution in [0.4, 0.5) is 5.00 Å². The number of rotatable bonds is 6. The van der Waals surface area contributed by atoms with Gasteiger partial charge in [-0.15, -0.1) is 5.10 Å². The highest BCUT2D eigenvalue weighted by molar-refractivity contribution is 7.10. The third-order valence-electron chi connectivity index (χ3n) is 2.84. The van der Waals surface area contributed by atoms with Crippen LogP contribution >= 0.6 is 11.5 Å². The Morgan fingerprint density at radius 3 is 2.84 bits per heavy atom. The monoisotopic (exact) mass is 281 g/mol. The summed E-state index contributed by atoms with van der Waals surface area (Å²) in [5.74, 6) is 0. The minimum atomic E-state index is -0.00978. The van der Waals surface area contributed by atoms with Crippen LogP contribution in [0, 0.1) is 0 Å². The number of nitrogens with zero attached hydrogens (tertiary/aromatic N) is 4. The van der Waals surface area contributed by atoms with Crippen molar-refractivity contribution >= 4 is 16.5 Å². The SMILES string of the molecule is CCCNc1snnc1Cn1ccn(C(C)C)c1=O. The summed E-state index contributed by atoms with van der Waals surface area (Å²) in [6.45, 7) is 7.43. The lowest BCUT2D eigenvalue weighted by atomic mass is 10.4. The van der Waals surface area contributed by atoms with Gasteiger partial charge in [0.1, 0.15) is 10.7 Å². The first-order valence-electron chi connectivity index (χ1n) is 6.45. The van der Waals surface area contributed by atoms with Crippen LogP contribution < -0.4 is 11.0 Å². The molecule has 104 valence electrons. The Morgan fingerprint density at radius 2 is 2.21 bits per heavy atom. The summed E-state index contributed by atoms with van der Waals surface area (Å²) in [6, 6.07) is 0.167. The summed E-state index contributed by atoms with van der Waals surface area (Å²) >= 11 is 1.33. The van der Waals surface area contributed by atoms with E-state index in [1.54, 1.807) is 15.3 Å². The van der Waals surface area contributed by atoms with E-state index < -0.39 is 0 Å². The van der Waals surface area contributed by atoms with Crippen LogP contribution in [0.25, 0.3) is 0 Å². The highest BCUT2D eigenvalue weighted by Crippen LogP contribution is 2.18.